The summed E-state index contributed by atoms with van der Waals surface area (Å²) in [5, 5.41) is 87.4. The van der Waals surface area contributed by atoms with Crippen molar-refractivity contribution >= 4 is 5.91 Å². The van der Waals surface area contributed by atoms with Gasteiger partial charge in [-0.3, -0.25) is 4.79 Å². The largest absolute Gasteiger partial charge is 0.394 e. The zero-order valence-electron chi connectivity index (χ0n) is 54.0. The zero-order chi connectivity index (χ0) is 62.3. The van der Waals surface area contributed by atoms with Gasteiger partial charge in [0, 0.05) is 6.42 Å². The van der Waals surface area contributed by atoms with Gasteiger partial charge in [-0.05, 0) is 77.0 Å². The van der Waals surface area contributed by atoms with Crippen LogP contribution in [-0.2, 0) is 23.7 Å². The van der Waals surface area contributed by atoms with Crippen LogP contribution in [0.3, 0.4) is 0 Å². The van der Waals surface area contributed by atoms with Gasteiger partial charge in [-0.1, -0.05) is 272 Å². The molecule has 14 heteroatoms. The molecule has 0 spiro atoms. The third-order valence-electron chi connectivity index (χ3n) is 16.6. The van der Waals surface area contributed by atoms with Crippen molar-refractivity contribution in [2.45, 2.75) is 344 Å². The molecule has 0 bridgehead atoms. The summed E-state index contributed by atoms with van der Waals surface area (Å²) >= 11 is 0. The molecule has 2 heterocycles. The number of ether oxygens (including phenoxy) is 4. The number of hydrogen-bond donors (Lipinski definition) is 9. The average molecular weight is 1210 g/mol. The second-order valence-electron chi connectivity index (χ2n) is 24.3. The summed E-state index contributed by atoms with van der Waals surface area (Å²) in [6.07, 6.45) is 60.6. The highest BCUT2D eigenvalue weighted by molar-refractivity contribution is 5.76. The molecule has 2 aliphatic rings. The van der Waals surface area contributed by atoms with Crippen LogP contribution in [0.5, 0.6) is 0 Å². The summed E-state index contributed by atoms with van der Waals surface area (Å²) in [6, 6.07) is -0.938. The van der Waals surface area contributed by atoms with Crippen LogP contribution in [0, 0.1) is 0 Å². The van der Waals surface area contributed by atoms with E-state index in [9.17, 15) is 45.6 Å². The van der Waals surface area contributed by atoms with Gasteiger partial charge in [-0.15, -0.1) is 0 Å². The van der Waals surface area contributed by atoms with Crippen LogP contribution in [0.1, 0.15) is 271 Å². The van der Waals surface area contributed by atoms with Crippen LogP contribution in [0.25, 0.3) is 0 Å². The van der Waals surface area contributed by atoms with Gasteiger partial charge < -0.3 is 65.1 Å². The normalized spacial score (nSPS) is 23.9. The second kappa shape index (κ2) is 56.2. The predicted octanol–water partition coefficient (Wildman–Crippen LogP) is 14.0. The average Bonchev–Trinajstić information content (AvgIpc) is 2.53. The van der Waals surface area contributed by atoms with Crippen LogP contribution >= 0.6 is 0 Å². The molecule has 86 heavy (non-hydrogen) atoms. The molecule has 498 valence electrons. The van der Waals surface area contributed by atoms with Crippen LogP contribution in [0.2, 0.25) is 0 Å². The summed E-state index contributed by atoms with van der Waals surface area (Å²) in [5.74, 6) is -0.251. The van der Waals surface area contributed by atoms with Crippen molar-refractivity contribution in [1.82, 2.24) is 5.32 Å². The molecule has 12 atom stereocenters. The molecule has 14 nitrogen and oxygen atoms in total. The summed E-state index contributed by atoms with van der Waals surface area (Å²) in [6.45, 7) is 2.69. The maximum Gasteiger partial charge on any atom is 0.220 e. The minimum atomic E-state index is -1.79. The van der Waals surface area contributed by atoms with E-state index in [4.69, 9.17) is 18.9 Å². The van der Waals surface area contributed by atoms with Crippen LogP contribution in [0.15, 0.2) is 85.1 Å². The molecule has 12 unspecified atom stereocenters. The van der Waals surface area contributed by atoms with Gasteiger partial charge in [-0.25, -0.2) is 0 Å². The number of carbonyl (C=O) groups is 1. The molecular weight excluding hydrogens is 1090 g/mol. The Morgan fingerprint density at radius 1 is 0.430 bits per heavy atom. The topological polar surface area (TPSA) is 228 Å². The first-order valence-corrected chi connectivity index (χ1v) is 34.8. The Morgan fingerprint density at radius 3 is 1.28 bits per heavy atom. The number of aliphatic hydroxyl groups excluding tert-OH is 8. The molecule has 1 amide bonds. The summed E-state index contributed by atoms with van der Waals surface area (Å²) in [5.41, 5.74) is 0. The first-order chi connectivity index (χ1) is 42.1. The molecule has 0 aliphatic carbocycles. The number of carbonyl (C=O) groups excluding carboxylic acids is 1. The molecule has 0 saturated carbocycles. The first kappa shape index (κ1) is 79.3. The van der Waals surface area contributed by atoms with Crippen molar-refractivity contribution in [2.75, 3.05) is 19.8 Å². The lowest BCUT2D eigenvalue weighted by molar-refractivity contribution is -0.359. The number of nitrogens with one attached hydrogen (secondary N) is 1. The molecular formula is C72H127NO13. The molecule has 0 aromatic rings. The molecule has 9 N–H and O–H groups in total. The number of hydrogen-bond acceptors (Lipinski definition) is 13. The standard InChI is InChI=1S/C72H127NO13/c1-3-5-7-9-11-13-15-17-19-21-23-25-27-28-29-30-31-32-34-36-38-40-42-44-46-48-50-52-54-56-64(77)73-60(59-83-71-69(82)67(80)70(63(58-75)85-71)86-72-68(81)66(79)65(78)62(57-74)84-72)61(76)55-53-51-49-47-45-43-41-39-37-35-33-26-24-22-20-18-16-14-12-10-8-6-4-2/h5,7,11,13,17,19,23,25,28-29,45,47,53,55,60-63,65-72,74-76,78-82H,3-4,6,8-10,12,14-16,18,20-22,24,26-27,30-44,46,48-52,54,56-59H2,1-2H3,(H,73,77)/b7-5-,13-11-,19-17-,25-23-,29-28-,47-45+,55-53+. The number of rotatable bonds is 56. The van der Waals surface area contributed by atoms with Gasteiger partial charge in [0.2, 0.25) is 5.91 Å². The van der Waals surface area contributed by atoms with Gasteiger partial charge in [0.05, 0.1) is 32.0 Å². The van der Waals surface area contributed by atoms with Crippen molar-refractivity contribution < 1.29 is 64.6 Å². The van der Waals surface area contributed by atoms with Crippen LogP contribution < -0.4 is 5.32 Å². The third-order valence-corrected chi connectivity index (χ3v) is 16.6. The zero-order valence-corrected chi connectivity index (χ0v) is 54.0. The Kier molecular flexibility index (Phi) is 51.8. The molecule has 2 saturated heterocycles. The van der Waals surface area contributed by atoms with Gasteiger partial charge in [0.15, 0.2) is 12.6 Å². The van der Waals surface area contributed by atoms with Crippen molar-refractivity contribution in [1.29, 1.82) is 0 Å². The number of allylic oxidation sites excluding steroid dienone is 13. The molecule has 0 aromatic carbocycles. The number of aliphatic hydroxyl groups is 8. The SMILES string of the molecule is CC/C=C\C/C=C\C/C=C\C/C=C\C/C=C\CCCCCCCCCCCCCCCC(=O)NC(COC1OC(CO)C(OC2OC(CO)C(O)C(O)C2O)C(O)C1O)C(O)/C=C/CC/C=C/CCCCCCCCCCCCCCCCCCC. The maximum atomic E-state index is 13.3. The van der Waals surface area contributed by atoms with E-state index in [0.29, 0.717) is 12.8 Å². The fourth-order valence-electron chi connectivity index (χ4n) is 11.0. The van der Waals surface area contributed by atoms with Gasteiger partial charge >= 0.3 is 0 Å². The van der Waals surface area contributed by atoms with E-state index in [0.717, 1.165) is 70.6 Å². The Labute approximate surface area is 522 Å². The van der Waals surface area contributed by atoms with Crippen LogP contribution in [-0.4, -0.2) is 140 Å². The Hall–Kier alpha value is -2.83. The molecule has 2 fully saturated rings. The van der Waals surface area contributed by atoms with Gasteiger partial charge in [-0.2, -0.15) is 0 Å². The summed E-state index contributed by atoms with van der Waals surface area (Å²) < 4.78 is 22.8. The highest BCUT2D eigenvalue weighted by atomic mass is 16.7. The van der Waals surface area contributed by atoms with E-state index >= 15 is 0 Å². The third kappa shape index (κ3) is 40.0. The van der Waals surface area contributed by atoms with Gasteiger partial charge in [0.25, 0.3) is 0 Å². The molecule has 2 aliphatic heterocycles. The van der Waals surface area contributed by atoms with Crippen molar-refractivity contribution in [3.63, 3.8) is 0 Å². The fraction of sp³-hybridized carbons (Fsp3) is 0.792. The lowest BCUT2D eigenvalue weighted by atomic mass is 9.97. The van der Waals surface area contributed by atoms with E-state index in [-0.39, 0.29) is 18.9 Å². The Morgan fingerprint density at radius 2 is 0.814 bits per heavy atom. The smallest absolute Gasteiger partial charge is 0.220 e. The summed E-state index contributed by atoms with van der Waals surface area (Å²) in [7, 11) is 0. The lowest BCUT2D eigenvalue weighted by Gasteiger charge is -2.46. The Bertz CT molecular complexity index is 1770. The van der Waals surface area contributed by atoms with E-state index < -0.39 is 86.8 Å². The maximum absolute atomic E-state index is 13.3. The van der Waals surface area contributed by atoms with Crippen molar-refractivity contribution in [2.24, 2.45) is 0 Å². The van der Waals surface area contributed by atoms with E-state index in [1.807, 2.05) is 6.08 Å². The molecule has 2 rings (SSSR count). The van der Waals surface area contributed by atoms with E-state index in [2.05, 4.69) is 92.1 Å². The highest BCUT2D eigenvalue weighted by Crippen LogP contribution is 2.30. The van der Waals surface area contributed by atoms with Crippen molar-refractivity contribution in [3.05, 3.63) is 85.1 Å². The lowest BCUT2D eigenvalue weighted by Crippen LogP contribution is -2.65. The van der Waals surface area contributed by atoms with E-state index in [1.165, 1.54) is 167 Å². The number of amides is 1. The van der Waals surface area contributed by atoms with Crippen molar-refractivity contribution in [3.8, 4) is 0 Å². The van der Waals surface area contributed by atoms with E-state index in [1.54, 1.807) is 6.08 Å². The highest BCUT2D eigenvalue weighted by Gasteiger charge is 2.51. The fourth-order valence-corrected chi connectivity index (χ4v) is 11.0. The minimum absolute atomic E-state index is 0.251. The summed E-state index contributed by atoms with van der Waals surface area (Å²) in [4.78, 5) is 13.3. The monoisotopic (exact) mass is 1210 g/mol. The first-order valence-electron chi connectivity index (χ1n) is 34.8. The minimum Gasteiger partial charge on any atom is -0.394 e. The van der Waals surface area contributed by atoms with Gasteiger partial charge in [0.1, 0.15) is 48.8 Å². The quantitative estimate of drug-likeness (QED) is 0.0204. The Balaban J connectivity index is 1.70. The predicted molar refractivity (Wildman–Crippen MR) is 350 cm³/mol. The van der Waals surface area contributed by atoms with Crippen LogP contribution in [0.4, 0.5) is 0 Å². The second-order valence-corrected chi connectivity index (χ2v) is 24.3. The molecule has 0 radical (unpaired) electrons. The molecule has 0 aromatic heterocycles. The number of unbranched alkanes of at least 4 members (excludes halogenated alkanes) is 31.